The number of nitrogens with zero attached hydrogens (tertiary/aromatic N) is 3. The smallest absolute Gasteiger partial charge is 0.407 e. The summed E-state index contributed by atoms with van der Waals surface area (Å²) in [5, 5.41) is 14.8. The fourth-order valence-electron chi connectivity index (χ4n) is 4.51. The summed E-state index contributed by atoms with van der Waals surface area (Å²) in [6.45, 7) is 11.0. The Morgan fingerprint density at radius 2 is 1.91 bits per heavy atom. The molecule has 2 atom stereocenters. The van der Waals surface area contributed by atoms with Crippen LogP contribution in [-0.2, 0) is 6.54 Å². The second kappa shape index (κ2) is 9.74. The zero-order valence-corrected chi connectivity index (χ0v) is 19.7. The second-order valence-corrected chi connectivity index (χ2v) is 9.54. The number of piperazine rings is 1. The molecular weight excluding hydrogens is 425 g/mol. The summed E-state index contributed by atoms with van der Waals surface area (Å²) in [7, 11) is 0. The standard InChI is InChI=1S/C24H32FN5O3/c1-15-9-10-18(13-26-15)27-22(31)28-19-8-6-7-17(20(19)25)14-29-11-12-30(23(32)33)21(16(29)2)24(3,4)5/h6-10,13,16,21H,11-12,14H2,1-5H3,(H,32,33)(H2,27,28,31)/t16-,21?/m1/s1. The van der Waals surface area contributed by atoms with Crippen LogP contribution in [0.1, 0.15) is 39.0 Å². The third-order valence-corrected chi connectivity index (χ3v) is 6.00. The molecule has 3 N–H and O–H groups in total. The molecule has 1 aromatic heterocycles. The lowest BCUT2D eigenvalue weighted by molar-refractivity contribution is -0.0185. The lowest BCUT2D eigenvalue weighted by Gasteiger charge is -2.50. The first-order valence-corrected chi connectivity index (χ1v) is 11.0. The van der Waals surface area contributed by atoms with Crippen molar-refractivity contribution in [3.8, 4) is 0 Å². The average Bonchev–Trinajstić information content (AvgIpc) is 2.72. The van der Waals surface area contributed by atoms with Gasteiger partial charge in [0.25, 0.3) is 0 Å². The molecule has 3 rings (SSSR count). The zero-order chi connectivity index (χ0) is 24.3. The van der Waals surface area contributed by atoms with E-state index in [2.05, 4.69) is 20.5 Å². The van der Waals surface area contributed by atoms with E-state index in [1.165, 1.54) is 17.2 Å². The highest BCUT2D eigenvalue weighted by Gasteiger charge is 2.43. The van der Waals surface area contributed by atoms with E-state index in [-0.39, 0.29) is 23.2 Å². The molecule has 1 aliphatic heterocycles. The number of aryl methyl sites for hydroxylation is 1. The summed E-state index contributed by atoms with van der Waals surface area (Å²) in [5.74, 6) is -0.505. The summed E-state index contributed by atoms with van der Waals surface area (Å²) >= 11 is 0. The number of aromatic nitrogens is 1. The second-order valence-electron chi connectivity index (χ2n) is 9.54. The number of pyridine rings is 1. The van der Waals surface area contributed by atoms with Crippen LogP contribution < -0.4 is 10.6 Å². The van der Waals surface area contributed by atoms with Gasteiger partial charge in [0.05, 0.1) is 23.6 Å². The quantitative estimate of drug-likeness (QED) is 0.614. The molecule has 1 saturated heterocycles. The van der Waals surface area contributed by atoms with Gasteiger partial charge in [0.15, 0.2) is 5.82 Å². The number of hydrogen-bond acceptors (Lipinski definition) is 4. The molecule has 0 bridgehead atoms. The Kier molecular flexibility index (Phi) is 7.22. The van der Waals surface area contributed by atoms with Gasteiger partial charge in [-0.3, -0.25) is 9.88 Å². The fourth-order valence-corrected chi connectivity index (χ4v) is 4.51. The summed E-state index contributed by atoms with van der Waals surface area (Å²) in [6, 6.07) is 7.48. The summed E-state index contributed by atoms with van der Waals surface area (Å²) in [5.41, 5.74) is 1.57. The first kappa shape index (κ1) is 24.4. The normalized spacial score (nSPS) is 19.3. The lowest BCUT2D eigenvalue weighted by Crippen LogP contribution is -2.63. The van der Waals surface area contributed by atoms with Crippen molar-refractivity contribution in [3.05, 3.63) is 53.6 Å². The van der Waals surface area contributed by atoms with Gasteiger partial charge < -0.3 is 20.6 Å². The van der Waals surface area contributed by atoms with Crippen molar-refractivity contribution < 1.29 is 19.1 Å². The predicted molar refractivity (Wildman–Crippen MR) is 126 cm³/mol. The van der Waals surface area contributed by atoms with Crippen LogP contribution in [0.4, 0.5) is 25.4 Å². The van der Waals surface area contributed by atoms with Gasteiger partial charge in [-0.25, -0.2) is 14.0 Å². The molecule has 0 saturated carbocycles. The van der Waals surface area contributed by atoms with E-state index in [1.54, 1.807) is 24.3 Å². The topological polar surface area (TPSA) is 97.8 Å². The number of benzene rings is 1. The average molecular weight is 458 g/mol. The third kappa shape index (κ3) is 5.78. The molecule has 8 nitrogen and oxygen atoms in total. The molecule has 0 aliphatic carbocycles. The van der Waals surface area contributed by atoms with Crippen molar-refractivity contribution in [2.75, 3.05) is 23.7 Å². The molecule has 1 fully saturated rings. The largest absolute Gasteiger partial charge is 0.465 e. The van der Waals surface area contributed by atoms with E-state index in [4.69, 9.17) is 0 Å². The number of amides is 3. The van der Waals surface area contributed by atoms with Crippen LogP contribution in [-0.4, -0.2) is 57.2 Å². The number of carbonyl (C=O) groups is 2. The summed E-state index contributed by atoms with van der Waals surface area (Å²) < 4.78 is 15.3. The van der Waals surface area contributed by atoms with Crippen LogP contribution in [0.2, 0.25) is 0 Å². The van der Waals surface area contributed by atoms with E-state index < -0.39 is 17.9 Å². The molecule has 3 amide bonds. The Bertz CT molecular complexity index is 1010. The van der Waals surface area contributed by atoms with Gasteiger partial charge in [0.2, 0.25) is 0 Å². The number of urea groups is 1. The highest BCUT2D eigenvalue weighted by molar-refractivity contribution is 5.99. The molecule has 2 aromatic rings. The van der Waals surface area contributed by atoms with Crippen LogP contribution in [0.3, 0.4) is 0 Å². The Balaban J connectivity index is 1.73. The van der Waals surface area contributed by atoms with Gasteiger partial charge in [-0.2, -0.15) is 0 Å². The number of rotatable bonds is 4. The van der Waals surface area contributed by atoms with Gasteiger partial charge in [-0.15, -0.1) is 0 Å². The summed E-state index contributed by atoms with van der Waals surface area (Å²) in [6.07, 6.45) is 0.597. The monoisotopic (exact) mass is 457 g/mol. The summed E-state index contributed by atoms with van der Waals surface area (Å²) in [4.78, 5) is 31.8. The van der Waals surface area contributed by atoms with Crippen LogP contribution in [0, 0.1) is 18.2 Å². The Morgan fingerprint density at radius 1 is 1.18 bits per heavy atom. The highest BCUT2D eigenvalue weighted by atomic mass is 19.1. The zero-order valence-electron chi connectivity index (χ0n) is 19.7. The van der Waals surface area contributed by atoms with Crippen LogP contribution in [0.5, 0.6) is 0 Å². The Morgan fingerprint density at radius 3 is 2.52 bits per heavy atom. The number of nitrogens with one attached hydrogen (secondary N) is 2. The lowest BCUT2D eigenvalue weighted by atomic mass is 9.80. The third-order valence-electron chi connectivity index (χ3n) is 6.00. The molecule has 0 spiro atoms. The number of carboxylic acid groups (broad SMARTS) is 1. The molecule has 1 aromatic carbocycles. The minimum Gasteiger partial charge on any atom is -0.465 e. The highest BCUT2D eigenvalue weighted by Crippen LogP contribution is 2.33. The van der Waals surface area contributed by atoms with Crippen LogP contribution >= 0.6 is 0 Å². The van der Waals surface area contributed by atoms with Gasteiger partial charge >= 0.3 is 12.1 Å². The Labute approximate surface area is 193 Å². The van der Waals surface area contributed by atoms with E-state index in [0.717, 1.165) is 5.69 Å². The van der Waals surface area contributed by atoms with E-state index in [1.807, 2.05) is 34.6 Å². The van der Waals surface area contributed by atoms with Crippen molar-refractivity contribution in [1.29, 1.82) is 0 Å². The van der Waals surface area contributed by atoms with E-state index >= 15 is 4.39 Å². The number of carbonyl (C=O) groups excluding carboxylic acids is 1. The minimum absolute atomic E-state index is 0.0780. The molecule has 9 heteroatoms. The molecule has 178 valence electrons. The minimum atomic E-state index is -0.936. The SMILES string of the molecule is Cc1ccc(NC(=O)Nc2cccc(CN3CCN(C(=O)O)C(C(C)(C)C)[C@H]3C)c2F)cn1. The molecule has 1 unspecified atom stereocenters. The molecular formula is C24H32FN5O3. The first-order valence-electron chi connectivity index (χ1n) is 11.0. The number of hydrogen-bond donors (Lipinski definition) is 3. The molecule has 1 aliphatic rings. The maximum absolute atomic E-state index is 15.3. The maximum atomic E-state index is 15.3. The first-order chi connectivity index (χ1) is 15.5. The predicted octanol–water partition coefficient (Wildman–Crippen LogP) is 4.77. The maximum Gasteiger partial charge on any atom is 0.407 e. The Hall–Kier alpha value is -3.20. The number of halogens is 1. The van der Waals surface area contributed by atoms with Gasteiger partial charge in [0, 0.05) is 36.9 Å². The van der Waals surface area contributed by atoms with E-state index in [0.29, 0.717) is 30.9 Å². The van der Waals surface area contributed by atoms with Gasteiger partial charge in [0.1, 0.15) is 0 Å². The number of anilines is 2. The van der Waals surface area contributed by atoms with Gasteiger partial charge in [-0.05, 0) is 37.5 Å². The van der Waals surface area contributed by atoms with Crippen LogP contribution in [0.15, 0.2) is 36.5 Å². The van der Waals surface area contributed by atoms with Crippen molar-refractivity contribution in [1.82, 2.24) is 14.8 Å². The molecule has 2 heterocycles. The van der Waals surface area contributed by atoms with Crippen molar-refractivity contribution in [2.45, 2.75) is 53.2 Å². The van der Waals surface area contributed by atoms with E-state index in [9.17, 15) is 14.7 Å². The fraction of sp³-hybridized carbons (Fsp3) is 0.458. The van der Waals surface area contributed by atoms with Crippen molar-refractivity contribution >= 4 is 23.5 Å². The molecule has 0 radical (unpaired) electrons. The van der Waals surface area contributed by atoms with Crippen LogP contribution in [0.25, 0.3) is 0 Å². The van der Waals surface area contributed by atoms with Gasteiger partial charge in [-0.1, -0.05) is 32.9 Å². The van der Waals surface area contributed by atoms with Crippen molar-refractivity contribution in [2.24, 2.45) is 5.41 Å². The van der Waals surface area contributed by atoms with Crippen molar-refractivity contribution in [3.63, 3.8) is 0 Å². The molecule has 33 heavy (non-hydrogen) atoms.